The molecule has 1 aromatic heterocycles. The molecule has 0 spiro atoms. The van der Waals surface area contributed by atoms with Crippen LogP contribution in [0.15, 0.2) is 51.5 Å². The largest absolute Gasteiger partial charge is 0.573 e. The maximum Gasteiger partial charge on any atom is 0.573 e. The predicted molar refractivity (Wildman–Crippen MR) is 96.5 cm³/mol. The van der Waals surface area contributed by atoms with Crippen molar-refractivity contribution in [1.82, 2.24) is 10.1 Å². The summed E-state index contributed by atoms with van der Waals surface area (Å²) >= 11 is 3.31. The number of hydrogen-bond donors (Lipinski definition) is 1. The van der Waals surface area contributed by atoms with E-state index in [4.69, 9.17) is 14.4 Å². The van der Waals surface area contributed by atoms with E-state index in [0.29, 0.717) is 15.6 Å². The number of aromatic nitrogens is 2. The van der Waals surface area contributed by atoms with E-state index in [2.05, 4.69) is 30.8 Å². The molecule has 0 bridgehead atoms. The van der Waals surface area contributed by atoms with Crippen molar-refractivity contribution in [3.63, 3.8) is 0 Å². The number of alkyl halides is 3. The molecule has 3 aromatic rings. The quantitative estimate of drug-likeness (QED) is 0.542. The van der Waals surface area contributed by atoms with Crippen molar-refractivity contribution in [2.45, 2.75) is 12.8 Å². The molecule has 29 heavy (non-hydrogen) atoms. The van der Waals surface area contributed by atoms with E-state index in [1.165, 1.54) is 24.3 Å². The highest BCUT2D eigenvalue weighted by Crippen LogP contribution is 2.32. The van der Waals surface area contributed by atoms with E-state index in [1.807, 2.05) is 0 Å². The van der Waals surface area contributed by atoms with Crippen molar-refractivity contribution < 1.29 is 37.1 Å². The highest BCUT2D eigenvalue weighted by molar-refractivity contribution is 9.10. The third kappa shape index (κ3) is 5.95. The summed E-state index contributed by atoms with van der Waals surface area (Å²) in [5.74, 6) is -0.820. The average molecular weight is 473 g/mol. The molecule has 0 unspecified atom stereocenters. The van der Waals surface area contributed by atoms with Gasteiger partial charge in [-0.15, -0.1) is 13.2 Å². The Bertz CT molecular complexity index is 1010. The standard InChI is InChI=1S/C18H12BrF3N2O5/c19-11-3-6-14(27-9-16(25)26)13(8-11)17-23-15(24-29-17)7-10-1-4-12(5-2-10)28-18(20,21)22/h1-6,8H,7,9H2,(H,25,26). The Morgan fingerprint density at radius 1 is 1.17 bits per heavy atom. The van der Waals surface area contributed by atoms with E-state index in [0.717, 1.165) is 0 Å². The molecule has 0 saturated carbocycles. The zero-order valence-electron chi connectivity index (χ0n) is 14.4. The summed E-state index contributed by atoms with van der Waals surface area (Å²) in [6.45, 7) is -0.540. The Morgan fingerprint density at radius 3 is 2.55 bits per heavy atom. The smallest absolute Gasteiger partial charge is 0.481 e. The van der Waals surface area contributed by atoms with Gasteiger partial charge >= 0.3 is 12.3 Å². The summed E-state index contributed by atoms with van der Waals surface area (Å²) in [6, 6.07) is 10.2. The third-order valence-electron chi connectivity index (χ3n) is 3.51. The van der Waals surface area contributed by atoms with Crippen LogP contribution in [0, 0.1) is 0 Å². The molecule has 2 aromatic carbocycles. The number of ether oxygens (including phenoxy) is 2. The molecular weight excluding hydrogens is 461 g/mol. The van der Waals surface area contributed by atoms with Gasteiger partial charge in [-0.3, -0.25) is 0 Å². The van der Waals surface area contributed by atoms with Crippen molar-refractivity contribution >= 4 is 21.9 Å². The predicted octanol–water partition coefficient (Wildman–Crippen LogP) is 4.45. The first-order chi connectivity index (χ1) is 13.7. The molecule has 7 nitrogen and oxygen atoms in total. The van der Waals surface area contributed by atoms with Crippen LogP contribution in [-0.4, -0.2) is 34.2 Å². The Labute approximate surface area is 170 Å². The van der Waals surface area contributed by atoms with Crippen LogP contribution in [0.25, 0.3) is 11.5 Å². The van der Waals surface area contributed by atoms with Gasteiger partial charge < -0.3 is 19.1 Å². The Kier molecular flexibility index (Phi) is 6.06. The van der Waals surface area contributed by atoms with Crippen molar-refractivity contribution in [2.75, 3.05) is 6.61 Å². The molecule has 3 rings (SSSR count). The van der Waals surface area contributed by atoms with Crippen molar-refractivity contribution in [2.24, 2.45) is 0 Å². The molecule has 11 heteroatoms. The molecule has 0 fully saturated rings. The van der Waals surface area contributed by atoms with E-state index in [1.54, 1.807) is 18.2 Å². The topological polar surface area (TPSA) is 94.7 Å². The van der Waals surface area contributed by atoms with Gasteiger partial charge in [-0.25, -0.2) is 4.79 Å². The van der Waals surface area contributed by atoms with Gasteiger partial charge in [0.25, 0.3) is 5.89 Å². The minimum Gasteiger partial charge on any atom is -0.481 e. The zero-order valence-corrected chi connectivity index (χ0v) is 16.0. The number of benzene rings is 2. The minimum absolute atomic E-state index is 0.110. The summed E-state index contributed by atoms with van der Waals surface area (Å²) in [5, 5.41) is 12.6. The summed E-state index contributed by atoms with van der Waals surface area (Å²) in [5.41, 5.74) is 1.04. The van der Waals surface area contributed by atoms with Gasteiger partial charge in [0.15, 0.2) is 12.4 Å². The summed E-state index contributed by atoms with van der Waals surface area (Å²) < 4.78 is 51.6. The zero-order chi connectivity index (χ0) is 21.0. The highest BCUT2D eigenvalue weighted by atomic mass is 79.9. The van der Waals surface area contributed by atoms with Crippen LogP contribution in [0.5, 0.6) is 11.5 Å². The maximum absolute atomic E-state index is 12.2. The van der Waals surface area contributed by atoms with E-state index < -0.39 is 18.9 Å². The fraction of sp³-hybridized carbons (Fsp3) is 0.167. The van der Waals surface area contributed by atoms with Crippen LogP contribution < -0.4 is 9.47 Å². The molecule has 0 saturated heterocycles. The van der Waals surface area contributed by atoms with Gasteiger partial charge in [0.05, 0.1) is 5.56 Å². The van der Waals surface area contributed by atoms with Crippen LogP contribution in [0.2, 0.25) is 0 Å². The molecule has 0 aliphatic heterocycles. The van der Waals surface area contributed by atoms with Gasteiger partial charge in [0.1, 0.15) is 11.5 Å². The van der Waals surface area contributed by atoms with Crippen LogP contribution in [0.3, 0.4) is 0 Å². The molecule has 0 atom stereocenters. The van der Waals surface area contributed by atoms with Gasteiger partial charge in [-0.2, -0.15) is 4.98 Å². The monoisotopic (exact) mass is 472 g/mol. The van der Waals surface area contributed by atoms with Gasteiger partial charge in [0, 0.05) is 10.9 Å². The van der Waals surface area contributed by atoms with E-state index >= 15 is 0 Å². The molecule has 1 heterocycles. The molecule has 0 aliphatic rings. The van der Waals surface area contributed by atoms with E-state index in [-0.39, 0.29) is 29.6 Å². The molecule has 0 radical (unpaired) electrons. The first kappa shape index (κ1) is 20.6. The second kappa shape index (κ2) is 8.52. The highest BCUT2D eigenvalue weighted by Gasteiger charge is 2.31. The first-order valence-electron chi connectivity index (χ1n) is 8.01. The molecule has 152 valence electrons. The van der Waals surface area contributed by atoms with Crippen molar-refractivity contribution in [1.29, 1.82) is 0 Å². The number of aliphatic carboxylic acids is 1. The molecule has 0 amide bonds. The van der Waals surface area contributed by atoms with Crippen molar-refractivity contribution in [3.8, 4) is 23.0 Å². The lowest BCUT2D eigenvalue weighted by Crippen LogP contribution is -2.17. The lowest BCUT2D eigenvalue weighted by atomic mass is 10.1. The fourth-order valence-corrected chi connectivity index (χ4v) is 2.72. The van der Waals surface area contributed by atoms with Crippen LogP contribution in [0.4, 0.5) is 13.2 Å². The Balaban J connectivity index is 1.76. The van der Waals surface area contributed by atoms with Crippen LogP contribution in [0.1, 0.15) is 11.4 Å². The van der Waals surface area contributed by atoms with Gasteiger partial charge in [-0.1, -0.05) is 33.2 Å². The summed E-state index contributed by atoms with van der Waals surface area (Å²) in [4.78, 5) is 15.0. The normalized spacial score (nSPS) is 11.3. The van der Waals surface area contributed by atoms with Crippen LogP contribution in [-0.2, 0) is 11.2 Å². The summed E-state index contributed by atoms with van der Waals surface area (Å²) in [6.07, 6.45) is -4.55. The average Bonchev–Trinajstić information content (AvgIpc) is 3.09. The number of halogens is 4. The number of carboxylic acids is 1. The minimum atomic E-state index is -4.76. The van der Waals surface area contributed by atoms with E-state index in [9.17, 15) is 18.0 Å². The Morgan fingerprint density at radius 2 is 1.90 bits per heavy atom. The molecule has 0 aliphatic carbocycles. The first-order valence-corrected chi connectivity index (χ1v) is 8.81. The van der Waals surface area contributed by atoms with Gasteiger partial charge in [-0.05, 0) is 35.9 Å². The second-order valence-corrected chi connectivity index (χ2v) is 6.62. The molecular formula is C18H12BrF3N2O5. The number of nitrogens with zero attached hydrogens (tertiary/aromatic N) is 2. The molecule has 1 N–H and O–H groups in total. The second-order valence-electron chi connectivity index (χ2n) is 5.71. The SMILES string of the molecule is O=C(O)COc1ccc(Br)cc1-c1nc(Cc2ccc(OC(F)(F)F)cc2)no1. The maximum atomic E-state index is 12.2. The third-order valence-corrected chi connectivity index (χ3v) is 4.00. The summed E-state index contributed by atoms with van der Waals surface area (Å²) in [7, 11) is 0. The number of rotatable bonds is 7. The van der Waals surface area contributed by atoms with Crippen molar-refractivity contribution in [3.05, 3.63) is 58.3 Å². The Hall–Kier alpha value is -3.08. The number of carbonyl (C=O) groups is 1. The lowest BCUT2D eigenvalue weighted by Gasteiger charge is -2.08. The number of carboxylic acid groups (broad SMARTS) is 1. The number of hydrogen-bond acceptors (Lipinski definition) is 6. The van der Waals surface area contributed by atoms with Crippen LogP contribution >= 0.6 is 15.9 Å². The lowest BCUT2D eigenvalue weighted by molar-refractivity contribution is -0.274. The fourth-order valence-electron chi connectivity index (χ4n) is 2.36. The van der Waals surface area contributed by atoms with Gasteiger partial charge in [0.2, 0.25) is 0 Å².